The number of halogens is 1. The fraction of sp³-hybridized carbons (Fsp3) is 0.133. The Morgan fingerprint density at radius 2 is 1.74 bits per heavy atom. The molecule has 2 aromatic carbocycles. The van der Waals surface area contributed by atoms with E-state index in [0.717, 1.165) is 11.3 Å². The molecule has 98 valence electrons. The van der Waals surface area contributed by atoms with Crippen LogP contribution in [0.1, 0.15) is 15.9 Å². The Labute approximate surface area is 117 Å². The minimum absolute atomic E-state index is 0.120. The van der Waals surface area contributed by atoms with Crippen LogP contribution in [-0.4, -0.2) is 18.1 Å². The number of hydrogen-bond donors (Lipinski definition) is 1. The molecule has 0 radical (unpaired) electrons. The maximum atomic E-state index is 11.4. The first-order valence-corrected chi connectivity index (χ1v) is 6.21. The first-order valence-electron chi connectivity index (χ1n) is 5.83. The molecule has 0 heterocycles. The first kappa shape index (κ1) is 13.4. The summed E-state index contributed by atoms with van der Waals surface area (Å²) in [4.78, 5) is 13.2. The number of benzene rings is 2. The fourth-order valence-corrected chi connectivity index (χ4v) is 2.32. The molecule has 0 atom stereocenters. The molecule has 0 amide bonds. The molecule has 0 saturated carbocycles. The molecular weight excluding hydrogens is 262 g/mol. The highest BCUT2D eigenvalue weighted by molar-refractivity contribution is 6.34. The summed E-state index contributed by atoms with van der Waals surface area (Å²) >= 11 is 5.99. The van der Waals surface area contributed by atoms with E-state index in [0.29, 0.717) is 5.69 Å². The number of carboxylic acids is 1. The minimum atomic E-state index is -1.03. The van der Waals surface area contributed by atoms with E-state index >= 15 is 0 Å². The Balaban J connectivity index is 2.57. The lowest BCUT2D eigenvalue weighted by Gasteiger charge is -2.23. The van der Waals surface area contributed by atoms with Gasteiger partial charge in [-0.3, -0.25) is 0 Å². The highest BCUT2D eigenvalue weighted by Crippen LogP contribution is 2.32. The lowest BCUT2D eigenvalue weighted by molar-refractivity contribution is 0.0698. The topological polar surface area (TPSA) is 40.5 Å². The second kappa shape index (κ2) is 5.33. The average molecular weight is 276 g/mol. The molecule has 0 fully saturated rings. The van der Waals surface area contributed by atoms with Gasteiger partial charge in [-0.25, -0.2) is 4.79 Å². The third-order valence-electron chi connectivity index (χ3n) is 3.04. The van der Waals surface area contributed by atoms with Gasteiger partial charge in [0.05, 0.1) is 10.7 Å². The second-order valence-corrected chi connectivity index (χ2v) is 4.69. The van der Waals surface area contributed by atoms with E-state index in [1.807, 2.05) is 43.1 Å². The molecule has 0 unspecified atom stereocenters. The predicted octanol–water partition coefficient (Wildman–Crippen LogP) is 4.11. The number of nitrogens with zero attached hydrogens (tertiary/aromatic N) is 1. The molecule has 19 heavy (non-hydrogen) atoms. The van der Waals surface area contributed by atoms with Crippen molar-refractivity contribution in [3.63, 3.8) is 0 Å². The van der Waals surface area contributed by atoms with Crippen molar-refractivity contribution in [1.29, 1.82) is 0 Å². The van der Waals surface area contributed by atoms with Gasteiger partial charge in [-0.1, -0.05) is 35.9 Å². The molecule has 0 aliphatic rings. The zero-order valence-corrected chi connectivity index (χ0v) is 11.5. The Bertz CT molecular complexity index is 625. The number of carboxylic acid groups (broad SMARTS) is 1. The molecule has 0 bridgehead atoms. The second-order valence-electron chi connectivity index (χ2n) is 4.28. The Hall–Kier alpha value is -2.00. The molecule has 0 aliphatic carbocycles. The van der Waals surface area contributed by atoms with E-state index in [2.05, 4.69) is 0 Å². The fourth-order valence-electron chi connectivity index (χ4n) is 2.07. The third kappa shape index (κ3) is 2.56. The molecule has 0 spiro atoms. The number of carbonyl (C=O) groups is 1. The van der Waals surface area contributed by atoms with Crippen molar-refractivity contribution in [1.82, 2.24) is 0 Å². The summed E-state index contributed by atoms with van der Waals surface area (Å²) in [5.74, 6) is -1.03. The normalized spacial score (nSPS) is 10.3. The van der Waals surface area contributed by atoms with Crippen LogP contribution in [0.4, 0.5) is 11.4 Å². The van der Waals surface area contributed by atoms with Gasteiger partial charge in [0.2, 0.25) is 0 Å². The highest BCUT2D eigenvalue weighted by atomic mass is 35.5. The maximum Gasteiger partial charge on any atom is 0.339 e. The standard InChI is InChI=1S/C15H14ClNO2/c1-10-6-3-4-8-12(10)17(2)13-9-5-7-11(16)14(13)15(18)19/h3-9H,1-2H3,(H,18,19). The van der Waals surface area contributed by atoms with Crippen LogP contribution in [0.15, 0.2) is 42.5 Å². The summed E-state index contributed by atoms with van der Waals surface area (Å²) in [6.45, 7) is 1.98. The van der Waals surface area contributed by atoms with E-state index in [1.54, 1.807) is 18.2 Å². The Kier molecular flexibility index (Phi) is 3.76. The number of aryl methyl sites for hydroxylation is 1. The van der Waals surface area contributed by atoms with Crippen LogP contribution < -0.4 is 4.90 Å². The monoisotopic (exact) mass is 275 g/mol. The van der Waals surface area contributed by atoms with Gasteiger partial charge in [0, 0.05) is 12.7 Å². The van der Waals surface area contributed by atoms with E-state index in [-0.39, 0.29) is 10.6 Å². The van der Waals surface area contributed by atoms with Crippen molar-refractivity contribution in [2.75, 3.05) is 11.9 Å². The van der Waals surface area contributed by atoms with Crippen LogP contribution in [0, 0.1) is 6.92 Å². The maximum absolute atomic E-state index is 11.4. The third-order valence-corrected chi connectivity index (χ3v) is 3.36. The van der Waals surface area contributed by atoms with E-state index in [9.17, 15) is 9.90 Å². The van der Waals surface area contributed by atoms with Crippen LogP contribution in [0.3, 0.4) is 0 Å². The molecule has 0 aromatic heterocycles. The molecule has 4 heteroatoms. The summed E-state index contributed by atoms with van der Waals surface area (Å²) in [6, 6.07) is 12.9. The lowest BCUT2D eigenvalue weighted by atomic mass is 10.1. The first-order chi connectivity index (χ1) is 9.02. The quantitative estimate of drug-likeness (QED) is 0.916. The molecule has 0 aliphatic heterocycles. The molecule has 2 aromatic rings. The van der Waals surface area contributed by atoms with Crippen molar-refractivity contribution >= 4 is 28.9 Å². The van der Waals surface area contributed by atoms with E-state index in [4.69, 9.17) is 11.6 Å². The van der Waals surface area contributed by atoms with Crippen LogP contribution in [-0.2, 0) is 0 Å². The summed E-state index contributed by atoms with van der Waals surface area (Å²) < 4.78 is 0. The van der Waals surface area contributed by atoms with Crippen molar-refractivity contribution in [2.45, 2.75) is 6.92 Å². The summed E-state index contributed by atoms with van der Waals surface area (Å²) in [5, 5.41) is 9.54. The zero-order chi connectivity index (χ0) is 14.0. The van der Waals surface area contributed by atoms with Gasteiger partial charge < -0.3 is 10.0 Å². The van der Waals surface area contributed by atoms with Crippen LogP contribution in [0.25, 0.3) is 0 Å². The number of aromatic carboxylic acids is 1. The Morgan fingerprint density at radius 1 is 1.11 bits per heavy atom. The lowest BCUT2D eigenvalue weighted by Crippen LogP contribution is -2.15. The summed E-state index contributed by atoms with van der Waals surface area (Å²) in [7, 11) is 1.83. The van der Waals surface area contributed by atoms with E-state index < -0.39 is 5.97 Å². The van der Waals surface area contributed by atoms with Gasteiger partial charge >= 0.3 is 5.97 Å². The van der Waals surface area contributed by atoms with Gasteiger partial charge in [-0.05, 0) is 30.7 Å². The van der Waals surface area contributed by atoms with Gasteiger partial charge in [0.1, 0.15) is 5.56 Å². The summed E-state index contributed by atoms with van der Waals surface area (Å²) in [6.07, 6.45) is 0. The van der Waals surface area contributed by atoms with Gasteiger partial charge in [-0.2, -0.15) is 0 Å². The minimum Gasteiger partial charge on any atom is -0.478 e. The SMILES string of the molecule is Cc1ccccc1N(C)c1cccc(Cl)c1C(=O)O. The van der Waals surface area contributed by atoms with Gasteiger partial charge in [-0.15, -0.1) is 0 Å². The number of hydrogen-bond acceptors (Lipinski definition) is 2. The smallest absolute Gasteiger partial charge is 0.339 e. The van der Waals surface area contributed by atoms with E-state index in [1.165, 1.54) is 0 Å². The van der Waals surface area contributed by atoms with Crippen LogP contribution in [0.5, 0.6) is 0 Å². The molecular formula is C15H14ClNO2. The van der Waals surface area contributed by atoms with Crippen LogP contribution >= 0.6 is 11.6 Å². The summed E-state index contributed by atoms with van der Waals surface area (Å²) in [5.41, 5.74) is 2.72. The van der Waals surface area contributed by atoms with Crippen molar-refractivity contribution in [3.8, 4) is 0 Å². The van der Waals surface area contributed by atoms with Crippen molar-refractivity contribution < 1.29 is 9.90 Å². The predicted molar refractivity (Wildman–Crippen MR) is 77.7 cm³/mol. The van der Waals surface area contributed by atoms with Gasteiger partial charge in [0.25, 0.3) is 0 Å². The van der Waals surface area contributed by atoms with Crippen LogP contribution in [0.2, 0.25) is 5.02 Å². The molecule has 2 rings (SSSR count). The van der Waals surface area contributed by atoms with Gasteiger partial charge in [0.15, 0.2) is 0 Å². The van der Waals surface area contributed by atoms with Crippen molar-refractivity contribution in [3.05, 3.63) is 58.6 Å². The number of anilines is 2. The number of rotatable bonds is 3. The highest BCUT2D eigenvalue weighted by Gasteiger charge is 2.18. The molecule has 0 saturated heterocycles. The largest absolute Gasteiger partial charge is 0.478 e. The Morgan fingerprint density at radius 3 is 2.37 bits per heavy atom. The average Bonchev–Trinajstić information content (AvgIpc) is 2.37. The molecule has 1 N–H and O–H groups in total. The van der Waals surface area contributed by atoms with Crippen molar-refractivity contribution in [2.24, 2.45) is 0 Å². The molecule has 3 nitrogen and oxygen atoms in total. The number of para-hydroxylation sites is 1. The zero-order valence-electron chi connectivity index (χ0n) is 10.7.